The van der Waals surface area contributed by atoms with Crippen molar-refractivity contribution in [2.75, 3.05) is 0 Å². The fourth-order valence-electron chi connectivity index (χ4n) is 1.98. The second-order valence-corrected chi connectivity index (χ2v) is 4.36. The van der Waals surface area contributed by atoms with E-state index in [0.29, 0.717) is 0 Å². The van der Waals surface area contributed by atoms with Gasteiger partial charge in [0.1, 0.15) is 5.82 Å². The molecule has 0 amide bonds. The fourth-order valence-corrected chi connectivity index (χ4v) is 1.98. The summed E-state index contributed by atoms with van der Waals surface area (Å²) in [5.41, 5.74) is 7.36. The lowest BCUT2D eigenvalue weighted by Crippen LogP contribution is -2.10. The number of rotatable bonds is 5. The van der Waals surface area contributed by atoms with Gasteiger partial charge in [0.2, 0.25) is 0 Å². The van der Waals surface area contributed by atoms with Crippen LogP contribution in [-0.2, 0) is 13.5 Å². The number of aryl methyl sites for hydroxylation is 2. The summed E-state index contributed by atoms with van der Waals surface area (Å²) in [6.07, 6.45) is 6.88. The molecule has 0 bridgehead atoms. The maximum atomic E-state index is 6.15. The third-order valence-electron chi connectivity index (χ3n) is 3.06. The van der Waals surface area contributed by atoms with Gasteiger partial charge in [0.05, 0.1) is 0 Å². The number of aromatic nitrogens is 2. The van der Waals surface area contributed by atoms with Gasteiger partial charge in [0.15, 0.2) is 0 Å². The highest BCUT2D eigenvalue weighted by Gasteiger charge is 2.06. The molecule has 1 aromatic heterocycles. The normalized spacial score (nSPS) is 12.6. The molecule has 0 aliphatic heterocycles. The van der Waals surface area contributed by atoms with Crippen LogP contribution in [0.3, 0.4) is 0 Å². The summed E-state index contributed by atoms with van der Waals surface area (Å²) in [6, 6.07) is 10.4. The quantitative estimate of drug-likeness (QED) is 0.855. The zero-order valence-corrected chi connectivity index (χ0v) is 10.2. The zero-order valence-electron chi connectivity index (χ0n) is 10.2. The lowest BCUT2D eigenvalue weighted by molar-refractivity contribution is 0.594. The van der Waals surface area contributed by atoms with E-state index in [1.807, 2.05) is 37.6 Å². The lowest BCUT2D eigenvalue weighted by Gasteiger charge is -2.11. The first-order valence-corrected chi connectivity index (χ1v) is 6.04. The number of imidazole rings is 1. The molecule has 90 valence electrons. The van der Waals surface area contributed by atoms with Crippen LogP contribution in [0.2, 0.25) is 0 Å². The van der Waals surface area contributed by atoms with Crippen LogP contribution in [0.25, 0.3) is 0 Å². The molecule has 0 fully saturated rings. The Morgan fingerprint density at radius 3 is 2.71 bits per heavy atom. The van der Waals surface area contributed by atoms with Crippen LogP contribution >= 0.6 is 0 Å². The number of nitrogens with two attached hydrogens (primary N) is 1. The predicted molar refractivity (Wildman–Crippen MR) is 69.5 cm³/mol. The van der Waals surface area contributed by atoms with Crippen molar-refractivity contribution in [1.29, 1.82) is 0 Å². The van der Waals surface area contributed by atoms with E-state index in [1.165, 1.54) is 5.56 Å². The van der Waals surface area contributed by atoms with Crippen molar-refractivity contribution in [3.05, 3.63) is 54.1 Å². The van der Waals surface area contributed by atoms with E-state index in [0.717, 1.165) is 25.1 Å². The molecule has 17 heavy (non-hydrogen) atoms. The molecule has 1 aromatic carbocycles. The molecule has 1 heterocycles. The number of nitrogens with zero attached hydrogens (tertiary/aromatic N) is 2. The summed E-state index contributed by atoms with van der Waals surface area (Å²) in [5.74, 6) is 1.13. The Balaban J connectivity index is 1.81. The van der Waals surface area contributed by atoms with Crippen LogP contribution < -0.4 is 5.73 Å². The Morgan fingerprint density at radius 2 is 2.06 bits per heavy atom. The molecule has 3 nitrogen and oxygen atoms in total. The van der Waals surface area contributed by atoms with E-state index in [2.05, 4.69) is 21.7 Å². The Labute approximate surface area is 102 Å². The minimum atomic E-state index is 0.136. The van der Waals surface area contributed by atoms with Crippen LogP contribution in [0, 0.1) is 0 Å². The average molecular weight is 229 g/mol. The topological polar surface area (TPSA) is 43.8 Å². The van der Waals surface area contributed by atoms with E-state index < -0.39 is 0 Å². The molecule has 2 aromatic rings. The molecule has 2 rings (SSSR count). The van der Waals surface area contributed by atoms with Gasteiger partial charge in [0.25, 0.3) is 0 Å². The van der Waals surface area contributed by atoms with Gasteiger partial charge >= 0.3 is 0 Å². The van der Waals surface area contributed by atoms with Crippen LogP contribution in [0.1, 0.15) is 30.3 Å². The van der Waals surface area contributed by atoms with Crippen molar-refractivity contribution in [3.8, 4) is 0 Å². The largest absolute Gasteiger partial charge is 0.338 e. The van der Waals surface area contributed by atoms with Crippen LogP contribution in [0.15, 0.2) is 42.7 Å². The summed E-state index contributed by atoms with van der Waals surface area (Å²) in [5, 5.41) is 0. The second-order valence-electron chi connectivity index (χ2n) is 4.36. The van der Waals surface area contributed by atoms with Crippen LogP contribution in [0.5, 0.6) is 0 Å². The number of benzene rings is 1. The van der Waals surface area contributed by atoms with E-state index in [9.17, 15) is 0 Å². The first-order chi connectivity index (χ1) is 8.27. The smallest absolute Gasteiger partial charge is 0.108 e. The third-order valence-corrected chi connectivity index (χ3v) is 3.06. The van der Waals surface area contributed by atoms with Crippen molar-refractivity contribution >= 4 is 0 Å². The standard InChI is InChI=1S/C14H19N3/c1-17-11-10-16-14(17)9-5-8-13(15)12-6-3-2-4-7-12/h2-4,6-7,10-11,13H,5,8-9,15H2,1H3. The van der Waals surface area contributed by atoms with Crippen LogP contribution in [-0.4, -0.2) is 9.55 Å². The molecule has 0 radical (unpaired) electrons. The summed E-state index contributed by atoms with van der Waals surface area (Å²) < 4.78 is 2.06. The van der Waals surface area contributed by atoms with Crippen molar-refractivity contribution in [3.63, 3.8) is 0 Å². The van der Waals surface area contributed by atoms with Crippen LogP contribution in [0.4, 0.5) is 0 Å². The zero-order chi connectivity index (χ0) is 12.1. The minimum Gasteiger partial charge on any atom is -0.338 e. The molecule has 3 heteroatoms. The molecule has 1 unspecified atom stereocenters. The average Bonchev–Trinajstić information content (AvgIpc) is 2.76. The number of hydrogen-bond donors (Lipinski definition) is 1. The fraction of sp³-hybridized carbons (Fsp3) is 0.357. The second kappa shape index (κ2) is 5.64. The summed E-state index contributed by atoms with van der Waals surface area (Å²) in [4.78, 5) is 4.31. The van der Waals surface area contributed by atoms with Gasteiger partial charge in [-0.15, -0.1) is 0 Å². The maximum Gasteiger partial charge on any atom is 0.108 e. The minimum absolute atomic E-state index is 0.136. The highest BCUT2D eigenvalue weighted by molar-refractivity contribution is 5.18. The molecule has 0 aliphatic carbocycles. The Bertz CT molecular complexity index is 448. The molecular formula is C14H19N3. The van der Waals surface area contributed by atoms with Crippen molar-refractivity contribution < 1.29 is 0 Å². The maximum absolute atomic E-state index is 6.15. The molecular weight excluding hydrogens is 210 g/mol. The summed E-state index contributed by atoms with van der Waals surface area (Å²) >= 11 is 0. The SMILES string of the molecule is Cn1ccnc1CCCC(N)c1ccccc1. The summed E-state index contributed by atoms with van der Waals surface area (Å²) in [7, 11) is 2.03. The van der Waals surface area contributed by atoms with E-state index in [1.54, 1.807) is 0 Å². The highest BCUT2D eigenvalue weighted by Crippen LogP contribution is 2.16. The first kappa shape index (κ1) is 11.9. The highest BCUT2D eigenvalue weighted by atomic mass is 15.0. The Hall–Kier alpha value is -1.61. The Kier molecular flexibility index (Phi) is 3.94. The molecule has 0 aliphatic rings. The predicted octanol–water partition coefficient (Wildman–Crippen LogP) is 2.44. The van der Waals surface area contributed by atoms with Gasteiger partial charge < -0.3 is 10.3 Å². The van der Waals surface area contributed by atoms with Gasteiger partial charge in [-0.05, 0) is 18.4 Å². The van der Waals surface area contributed by atoms with Crippen molar-refractivity contribution in [2.45, 2.75) is 25.3 Å². The van der Waals surface area contributed by atoms with Crippen molar-refractivity contribution in [2.24, 2.45) is 12.8 Å². The van der Waals surface area contributed by atoms with Gasteiger partial charge in [-0.1, -0.05) is 30.3 Å². The number of hydrogen-bond acceptors (Lipinski definition) is 2. The van der Waals surface area contributed by atoms with Gasteiger partial charge in [-0.2, -0.15) is 0 Å². The van der Waals surface area contributed by atoms with Gasteiger partial charge in [0, 0.05) is 31.9 Å². The molecule has 0 spiro atoms. The van der Waals surface area contributed by atoms with E-state index in [4.69, 9.17) is 5.73 Å². The monoisotopic (exact) mass is 229 g/mol. The van der Waals surface area contributed by atoms with Crippen molar-refractivity contribution in [1.82, 2.24) is 9.55 Å². The third kappa shape index (κ3) is 3.17. The molecule has 2 N–H and O–H groups in total. The lowest BCUT2D eigenvalue weighted by atomic mass is 10.0. The van der Waals surface area contributed by atoms with Gasteiger partial charge in [-0.25, -0.2) is 4.98 Å². The van der Waals surface area contributed by atoms with Gasteiger partial charge in [-0.3, -0.25) is 0 Å². The first-order valence-electron chi connectivity index (χ1n) is 6.04. The van der Waals surface area contributed by atoms with E-state index in [-0.39, 0.29) is 6.04 Å². The molecule has 0 saturated heterocycles. The van der Waals surface area contributed by atoms with E-state index >= 15 is 0 Å². The summed E-state index contributed by atoms with van der Waals surface area (Å²) in [6.45, 7) is 0. The molecule has 1 atom stereocenters. The Morgan fingerprint density at radius 1 is 1.29 bits per heavy atom. The molecule has 0 saturated carbocycles.